The van der Waals surface area contributed by atoms with Gasteiger partial charge < -0.3 is 14.2 Å². The average Bonchev–Trinajstić information content (AvgIpc) is 3.70. The third-order valence-corrected chi connectivity index (χ3v) is 14.5. The van der Waals surface area contributed by atoms with Gasteiger partial charge in [-0.3, -0.25) is 0 Å². The molecule has 0 radical (unpaired) electrons. The standard InChI is InChI=1S/C58H66BN3/c1-17-60-46-28-22-37(57(11,12)13)32-42(46)59-43-33-38(58(14,15)16)23-29-47(43)61(39-24-18-34(19-25-39)54(2,3)4)53-49-41-31-36(56(8,9)10)21-27-45(41)62-44-26-20-35(55(5,6)7)30-40(44)48(51(49)62)52(60)50(53)59/h18-33H,17H2,1-16H3. The molecule has 2 aliphatic rings. The van der Waals surface area contributed by atoms with Gasteiger partial charge in [-0.25, -0.2) is 0 Å². The van der Waals surface area contributed by atoms with Gasteiger partial charge in [-0.1, -0.05) is 152 Å². The van der Waals surface area contributed by atoms with Gasteiger partial charge >= 0.3 is 0 Å². The Labute approximate surface area is 371 Å². The first-order valence-corrected chi connectivity index (χ1v) is 23.2. The molecule has 0 atom stereocenters. The summed E-state index contributed by atoms with van der Waals surface area (Å²) in [5, 5.41) is 5.41. The number of nitrogens with zero attached hydrogens (tertiary/aromatic N) is 3. The third-order valence-electron chi connectivity index (χ3n) is 14.5. The maximum Gasteiger partial charge on any atom is 0.252 e. The van der Waals surface area contributed by atoms with Crippen LogP contribution in [0.25, 0.3) is 38.1 Å². The molecule has 0 spiro atoms. The van der Waals surface area contributed by atoms with E-state index in [1.54, 1.807) is 0 Å². The SMILES string of the molecule is CCN1c2ccc(C(C)(C)C)cc2B2c3cc(C(C)(C)C)ccc3N(c3ccc(C(C)(C)C)cc3)c3c2c1c1c2cc(C(C)(C)C)ccc2n2c4ccc(C(C)(C)C)cc4c3c12. The second-order valence-corrected chi connectivity index (χ2v) is 23.9. The minimum atomic E-state index is -0.0192. The van der Waals surface area contributed by atoms with E-state index in [4.69, 9.17) is 0 Å². The highest BCUT2D eigenvalue weighted by molar-refractivity contribution is 7.01. The predicted molar refractivity (Wildman–Crippen MR) is 273 cm³/mol. The van der Waals surface area contributed by atoms with Crippen molar-refractivity contribution in [2.75, 3.05) is 16.3 Å². The molecule has 0 saturated carbocycles. The Kier molecular flexibility index (Phi) is 8.52. The first-order chi connectivity index (χ1) is 28.9. The van der Waals surface area contributed by atoms with Gasteiger partial charge in [0.1, 0.15) is 0 Å². The van der Waals surface area contributed by atoms with Gasteiger partial charge in [0.15, 0.2) is 0 Å². The van der Waals surface area contributed by atoms with Crippen LogP contribution in [0.3, 0.4) is 0 Å². The van der Waals surface area contributed by atoms with E-state index in [0.717, 1.165) is 6.54 Å². The van der Waals surface area contributed by atoms with Crippen LogP contribution in [0.2, 0.25) is 0 Å². The summed E-state index contributed by atoms with van der Waals surface area (Å²) in [4.78, 5) is 5.36. The molecule has 0 bridgehead atoms. The van der Waals surface area contributed by atoms with Crippen molar-refractivity contribution < 1.29 is 0 Å². The molecule has 4 heteroatoms. The number of hydrogen-bond acceptors (Lipinski definition) is 2. The molecule has 316 valence electrons. The Balaban J connectivity index is 1.49. The molecule has 2 aromatic heterocycles. The number of rotatable bonds is 2. The van der Waals surface area contributed by atoms with Crippen molar-refractivity contribution in [3.05, 3.63) is 125 Å². The zero-order valence-corrected chi connectivity index (χ0v) is 40.4. The molecule has 2 aliphatic heterocycles. The summed E-state index contributed by atoms with van der Waals surface area (Å²) in [5.74, 6) is 0. The predicted octanol–water partition coefficient (Wildman–Crippen LogP) is 14.1. The van der Waals surface area contributed by atoms with Crippen LogP contribution < -0.4 is 26.2 Å². The van der Waals surface area contributed by atoms with E-state index >= 15 is 0 Å². The van der Waals surface area contributed by atoms with Crippen LogP contribution >= 0.6 is 0 Å². The minimum absolute atomic E-state index is 0.00175. The number of aromatic nitrogens is 1. The lowest BCUT2D eigenvalue weighted by Gasteiger charge is -2.45. The highest BCUT2D eigenvalue weighted by Crippen LogP contribution is 2.54. The molecule has 0 aliphatic carbocycles. The minimum Gasteiger partial charge on any atom is -0.342 e. The van der Waals surface area contributed by atoms with E-state index in [2.05, 4.69) is 222 Å². The van der Waals surface area contributed by atoms with Gasteiger partial charge in [0.2, 0.25) is 0 Å². The Morgan fingerprint density at radius 2 is 0.839 bits per heavy atom. The summed E-state index contributed by atoms with van der Waals surface area (Å²) >= 11 is 0. The fourth-order valence-electron chi connectivity index (χ4n) is 10.8. The van der Waals surface area contributed by atoms with Crippen molar-refractivity contribution in [2.45, 2.75) is 138 Å². The topological polar surface area (TPSA) is 10.9 Å². The molecule has 3 nitrogen and oxygen atoms in total. The van der Waals surface area contributed by atoms with Gasteiger partial charge in [0.05, 0.1) is 22.2 Å². The van der Waals surface area contributed by atoms with Crippen LogP contribution in [0, 0.1) is 0 Å². The largest absolute Gasteiger partial charge is 0.342 e. The van der Waals surface area contributed by atoms with E-state index in [1.165, 1.54) is 111 Å². The lowest BCUT2D eigenvalue weighted by Crippen LogP contribution is -2.62. The quantitative estimate of drug-likeness (QED) is 0.161. The number of fused-ring (bicyclic) bond motifs is 12. The van der Waals surface area contributed by atoms with Crippen LogP contribution in [0.1, 0.15) is 139 Å². The number of benzene rings is 6. The molecule has 8 aromatic rings. The fraction of sp³-hybridized carbons (Fsp3) is 0.379. The molecule has 4 heterocycles. The smallest absolute Gasteiger partial charge is 0.252 e. The van der Waals surface area contributed by atoms with Crippen molar-refractivity contribution in [2.24, 2.45) is 0 Å². The van der Waals surface area contributed by atoms with Crippen LogP contribution in [0.4, 0.5) is 28.4 Å². The Morgan fingerprint density at radius 3 is 1.31 bits per heavy atom. The summed E-state index contributed by atoms with van der Waals surface area (Å²) in [7, 11) is 0. The van der Waals surface area contributed by atoms with Crippen molar-refractivity contribution in [3.8, 4) is 0 Å². The second-order valence-electron chi connectivity index (χ2n) is 23.9. The molecule has 0 saturated heterocycles. The van der Waals surface area contributed by atoms with Crippen molar-refractivity contribution in [3.63, 3.8) is 0 Å². The summed E-state index contributed by atoms with van der Waals surface area (Å²) < 4.78 is 2.63. The number of hydrogen-bond donors (Lipinski definition) is 0. The van der Waals surface area contributed by atoms with Crippen LogP contribution in [-0.4, -0.2) is 17.7 Å². The zero-order valence-electron chi connectivity index (χ0n) is 40.4. The highest BCUT2D eigenvalue weighted by atomic mass is 15.2. The first-order valence-electron chi connectivity index (χ1n) is 23.2. The number of anilines is 5. The van der Waals surface area contributed by atoms with E-state index in [9.17, 15) is 0 Å². The molecule has 0 amide bonds. The van der Waals surface area contributed by atoms with Crippen molar-refractivity contribution in [1.29, 1.82) is 0 Å². The lowest BCUT2D eigenvalue weighted by atomic mass is 9.33. The van der Waals surface area contributed by atoms with Gasteiger partial charge in [-0.05, 0) is 127 Å². The molecular weight excluding hydrogens is 749 g/mol. The molecule has 0 unspecified atom stereocenters. The van der Waals surface area contributed by atoms with E-state index in [0.29, 0.717) is 0 Å². The van der Waals surface area contributed by atoms with Gasteiger partial charge in [-0.2, -0.15) is 0 Å². The molecule has 62 heavy (non-hydrogen) atoms. The fourth-order valence-corrected chi connectivity index (χ4v) is 10.8. The third kappa shape index (κ3) is 5.84. The normalized spacial score (nSPS) is 14.7. The van der Waals surface area contributed by atoms with Crippen molar-refractivity contribution in [1.82, 2.24) is 4.40 Å². The molecule has 6 aromatic carbocycles. The first kappa shape index (κ1) is 40.8. The maximum absolute atomic E-state index is 2.69. The van der Waals surface area contributed by atoms with E-state index < -0.39 is 0 Å². The monoisotopic (exact) mass is 816 g/mol. The molecule has 0 fully saturated rings. The molecule has 10 rings (SSSR count). The maximum atomic E-state index is 2.69. The van der Waals surface area contributed by atoms with Crippen LogP contribution in [0.15, 0.2) is 97.1 Å². The highest BCUT2D eigenvalue weighted by Gasteiger charge is 2.47. The Bertz CT molecular complexity index is 3130. The van der Waals surface area contributed by atoms with Crippen LogP contribution in [0.5, 0.6) is 0 Å². The lowest BCUT2D eigenvalue weighted by molar-refractivity contribution is 0.590. The second kappa shape index (κ2) is 12.9. The molecular formula is C58H66BN3. The van der Waals surface area contributed by atoms with E-state index in [-0.39, 0.29) is 33.8 Å². The zero-order chi connectivity index (χ0) is 44.4. The summed E-state index contributed by atoms with van der Waals surface area (Å²) in [6, 6.07) is 39.1. The summed E-state index contributed by atoms with van der Waals surface area (Å²) in [6.45, 7) is 38.5. The van der Waals surface area contributed by atoms with Gasteiger partial charge in [-0.15, -0.1) is 0 Å². The van der Waals surface area contributed by atoms with Crippen molar-refractivity contribution >= 4 is 89.6 Å². The average molecular weight is 816 g/mol. The van der Waals surface area contributed by atoms with Gasteiger partial charge in [0.25, 0.3) is 6.71 Å². The van der Waals surface area contributed by atoms with E-state index in [1.807, 2.05) is 0 Å². The Hall–Kier alpha value is -5.22. The van der Waals surface area contributed by atoms with Gasteiger partial charge in [0, 0.05) is 50.8 Å². The summed E-state index contributed by atoms with van der Waals surface area (Å²) in [5.41, 5.74) is 21.5. The summed E-state index contributed by atoms with van der Waals surface area (Å²) in [6.07, 6.45) is 0. The van der Waals surface area contributed by atoms with Crippen LogP contribution in [-0.2, 0) is 27.1 Å². The molecule has 0 N–H and O–H groups in total. The Morgan fingerprint density at radius 1 is 0.435 bits per heavy atom.